The number of hydrogen-bond donors (Lipinski definition) is 1. The van der Waals surface area contributed by atoms with Crippen LogP contribution in [0.1, 0.15) is 40.4 Å². The third-order valence-corrected chi connectivity index (χ3v) is 4.95. The van der Waals surface area contributed by atoms with Crippen molar-refractivity contribution < 1.29 is 9.90 Å². The monoisotopic (exact) mass is 343 g/mol. The van der Waals surface area contributed by atoms with Crippen molar-refractivity contribution in [1.29, 1.82) is 0 Å². The maximum atomic E-state index is 12.7. The summed E-state index contributed by atoms with van der Waals surface area (Å²) in [5, 5.41) is 11.3. The van der Waals surface area contributed by atoms with Crippen LogP contribution in [0.5, 0.6) is 0 Å². The summed E-state index contributed by atoms with van der Waals surface area (Å²) in [5.74, 6) is 0.0947. The smallest absolute Gasteiger partial charge is 0.253 e. The Hall–Kier alpha value is -1.84. The Labute approximate surface area is 147 Å². The minimum atomic E-state index is -0.573. The number of carbonyl (C=O) groups is 1. The molecule has 2 aromatic carbocycles. The molecule has 1 fully saturated rings. The molecule has 1 amide bonds. The summed E-state index contributed by atoms with van der Waals surface area (Å²) < 4.78 is 0. The van der Waals surface area contributed by atoms with Crippen LogP contribution in [0.2, 0.25) is 5.02 Å². The van der Waals surface area contributed by atoms with Gasteiger partial charge in [-0.3, -0.25) is 4.79 Å². The summed E-state index contributed by atoms with van der Waals surface area (Å²) in [5.41, 5.74) is 2.71. The second kappa shape index (κ2) is 7.37. The Morgan fingerprint density at radius 2 is 1.83 bits per heavy atom. The number of nitrogens with zero attached hydrogens (tertiary/aromatic N) is 1. The quantitative estimate of drug-likeness (QED) is 0.905. The van der Waals surface area contributed by atoms with Crippen molar-refractivity contribution >= 4 is 17.5 Å². The third-order valence-electron chi connectivity index (χ3n) is 4.70. The molecule has 1 aliphatic rings. The molecule has 0 spiro atoms. The average Bonchev–Trinajstić information content (AvgIpc) is 2.62. The lowest BCUT2D eigenvalue weighted by molar-refractivity contribution is 0.0401. The van der Waals surface area contributed by atoms with Crippen molar-refractivity contribution in [2.24, 2.45) is 5.92 Å². The van der Waals surface area contributed by atoms with E-state index in [0.717, 1.165) is 30.5 Å². The fourth-order valence-electron chi connectivity index (χ4n) is 3.26. The van der Waals surface area contributed by atoms with Crippen molar-refractivity contribution in [2.45, 2.75) is 25.9 Å². The van der Waals surface area contributed by atoms with E-state index < -0.39 is 6.10 Å². The zero-order valence-corrected chi connectivity index (χ0v) is 14.5. The number of aliphatic hydroxyl groups excluding tert-OH is 1. The molecule has 4 heteroatoms. The number of halogens is 1. The molecule has 2 aromatic rings. The molecule has 1 heterocycles. The number of hydrogen-bond acceptors (Lipinski definition) is 2. The van der Waals surface area contributed by atoms with Gasteiger partial charge < -0.3 is 10.0 Å². The van der Waals surface area contributed by atoms with Gasteiger partial charge >= 0.3 is 0 Å². The summed E-state index contributed by atoms with van der Waals surface area (Å²) >= 11 is 5.91. The van der Waals surface area contributed by atoms with Crippen LogP contribution < -0.4 is 0 Å². The van der Waals surface area contributed by atoms with Gasteiger partial charge in [-0.2, -0.15) is 0 Å². The van der Waals surface area contributed by atoms with Crippen LogP contribution >= 0.6 is 11.6 Å². The normalized spacial score (nSPS) is 19.1. The van der Waals surface area contributed by atoms with Gasteiger partial charge in [0.15, 0.2) is 0 Å². The van der Waals surface area contributed by atoms with Crippen LogP contribution in [-0.4, -0.2) is 29.0 Å². The highest BCUT2D eigenvalue weighted by molar-refractivity contribution is 6.30. The van der Waals surface area contributed by atoms with Crippen molar-refractivity contribution in [2.75, 3.05) is 13.1 Å². The van der Waals surface area contributed by atoms with E-state index in [1.165, 1.54) is 0 Å². The number of piperidine rings is 1. The summed E-state index contributed by atoms with van der Waals surface area (Å²) in [4.78, 5) is 14.5. The number of aliphatic hydroxyl groups is 1. The Morgan fingerprint density at radius 3 is 2.50 bits per heavy atom. The average molecular weight is 344 g/mol. The standard InChI is InChI=1S/C20H22ClNO2/c1-14-4-6-16(7-5-14)20(24)22-12-2-3-17(13-22)19(23)15-8-10-18(21)11-9-15/h4-11,17,19,23H,2-3,12-13H2,1H3/t17?,19-/m1/s1. The van der Waals surface area contributed by atoms with E-state index in [-0.39, 0.29) is 11.8 Å². The molecule has 3 rings (SSSR count). The first-order valence-corrected chi connectivity index (χ1v) is 8.72. The van der Waals surface area contributed by atoms with Crippen molar-refractivity contribution in [3.8, 4) is 0 Å². The topological polar surface area (TPSA) is 40.5 Å². The van der Waals surface area contributed by atoms with Crippen LogP contribution in [0.4, 0.5) is 0 Å². The Bertz CT molecular complexity index is 697. The van der Waals surface area contributed by atoms with Gasteiger partial charge in [-0.25, -0.2) is 0 Å². The third kappa shape index (κ3) is 3.80. The lowest BCUT2D eigenvalue weighted by Gasteiger charge is -2.35. The van der Waals surface area contributed by atoms with Gasteiger partial charge in [-0.1, -0.05) is 41.4 Å². The molecule has 0 aliphatic carbocycles. The molecular formula is C20H22ClNO2. The summed E-state index contributed by atoms with van der Waals surface area (Å²) in [7, 11) is 0. The highest BCUT2D eigenvalue weighted by atomic mass is 35.5. The first-order chi connectivity index (χ1) is 11.5. The number of likely N-dealkylation sites (tertiary alicyclic amines) is 1. The number of carbonyl (C=O) groups excluding carboxylic acids is 1. The molecule has 0 saturated carbocycles. The summed E-state index contributed by atoms with van der Waals surface area (Å²) in [6, 6.07) is 14.9. The fourth-order valence-corrected chi connectivity index (χ4v) is 3.39. The molecule has 1 saturated heterocycles. The van der Waals surface area contributed by atoms with Gasteiger partial charge in [0.25, 0.3) is 5.91 Å². The first kappa shape index (κ1) is 17.0. The van der Waals surface area contributed by atoms with Gasteiger partial charge in [-0.15, -0.1) is 0 Å². The van der Waals surface area contributed by atoms with E-state index in [2.05, 4.69) is 0 Å². The van der Waals surface area contributed by atoms with Crippen LogP contribution in [0.25, 0.3) is 0 Å². The maximum Gasteiger partial charge on any atom is 0.253 e. The van der Waals surface area contributed by atoms with Gasteiger partial charge in [0.1, 0.15) is 0 Å². The molecule has 1 N–H and O–H groups in total. The minimum absolute atomic E-state index is 0.0445. The van der Waals surface area contributed by atoms with E-state index >= 15 is 0 Å². The summed E-state index contributed by atoms with van der Waals surface area (Å²) in [6.45, 7) is 3.33. The van der Waals surface area contributed by atoms with E-state index in [1.807, 2.05) is 48.2 Å². The van der Waals surface area contributed by atoms with Crippen LogP contribution in [0, 0.1) is 12.8 Å². The number of benzene rings is 2. The molecule has 2 atom stereocenters. The fraction of sp³-hybridized carbons (Fsp3) is 0.350. The van der Waals surface area contributed by atoms with Gasteiger partial charge in [0, 0.05) is 29.6 Å². The number of aryl methyl sites for hydroxylation is 1. The molecule has 24 heavy (non-hydrogen) atoms. The van der Waals surface area contributed by atoms with Crippen molar-refractivity contribution in [1.82, 2.24) is 4.90 Å². The highest BCUT2D eigenvalue weighted by Gasteiger charge is 2.29. The maximum absolute atomic E-state index is 12.7. The van der Waals surface area contributed by atoms with Gasteiger partial charge in [0.2, 0.25) is 0 Å². The van der Waals surface area contributed by atoms with E-state index in [9.17, 15) is 9.90 Å². The predicted octanol–water partition coefficient (Wildman–Crippen LogP) is 4.23. The van der Waals surface area contributed by atoms with Crippen molar-refractivity contribution in [3.05, 3.63) is 70.2 Å². The van der Waals surface area contributed by atoms with E-state index in [0.29, 0.717) is 17.1 Å². The van der Waals surface area contributed by atoms with Crippen LogP contribution in [0.15, 0.2) is 48.5 Å². The number of amides is 1. The van der Waals surface area contributed by atoms with E-state index in [4.69, 9.17) is 11.6 Å². The minimum Gasteiger partial charge on any atom is -0.388 e. The lowest BCUT2D eigenvalue weighted by atomic mass is 9.88. The van der Waals surface area contributed by atoms with Gasteiger partial charge in [-0.05, 0) is 49.6 Å². The molecular weight excluding hydrogens is 322 g/mol. The first-order valence-electron chi connectivity index (χ1n) is 8.34. The zero-order valence-electron chi connectivity index (χ0n) is 13.8. The second-order valence-corrected chi connectivity index (χ2v) is 6.95. The van der Waals surface area contributed by atoms with Crippen LogP contribution in [-0.2, 0) is 0 Å². The highest BCUT2D eigenvalue weighted by Crippen LogP contribution is 2.31. The zero-order chi connectivity index (χ0) is 17.1. The second-order valence-electron chi connectivity index (χ2n) is 6.52. The van der Waals surface area contributed by atoms with Gasteiger partial charge in [0.05, 0.1) is 6.10 Å². The largest absolute Gasteiger partial charge is 0.388 e. The molecule has 1 aliphatic heterocycles. The summed E-state index contributed by atoms with van der Waals surface area (Å²) in [6.07, 6.45) is 1.25. The number of rotatable bonds is 3. The molecule has 126 valence electrons. The Morgan fingerprint density at radius 1 is 1.17 bits per heavy atom. The lowest BCUT2D eigenvalue weighted by Crippen LogP contribution is -2.41. The molecule has 0 radical (unpaired) electrons. The predicted molar refractivity (Wildman–Crippen MR) is 96.2 cm³/mol. The molecule has 1 unspecified atom stereocenters. The van der Waals surface area contributed by atoms with E-state index in [1.54, 1.807) is 12.1 Å². The Balaban J connectivity index is 1.70. The van der Waals surface area contributed by atoms with Crippen LogP contribution in [0.3, 0.4) is 0 Å². The SMILES string of the molecule is Cc1ccc(C(=O)N2CCCC([C@H](O)c3ccc(Cl)cc3)C2)cc1. The molecule has 0 bridgehead atoms. The molecule has 0 aromatic heterocycles. The Kier molecular flexibility index (Phi) is 5.22. The van der Waals surface area contributed by atoms with Crippen molar-refractivity contribution in [3.63, 3.8) is 0 Å². The molecule has 3 nitrogen and oxygen atoms in total.